The van der Waals surface area contributed by atoms with Gasteiger partial charge in [0.25, 0.3) is 0 Å². The maximum Gasteiger partial charge on any atom is 0.176 e. The Bertz CT molecular complexity index is 911. The number of aromatic nitrogens is 2. The number of hydrogen-bond acceptors (Lipinski definition) is 4. The molecule has 1 N–H and O–H groups in total. The molecule has 0 amide bonds. The van der Waals surface area contributed by atoms with Crippen LogP contribution >= 0.6 is 11.8 Å². The van der Waals surface area contributed by atoms with Gasteiger partial charge in [-0.05, 0) is 37.3 Å². The fourth-order valence-electron chi connectivity index (χ4n) is 2.25. The fourth-order valence-corrected chi connectivity index (χ4v) is 3.15. The second kappa shape index (κ2) is 6.60. The summed E-state index contributed by atoms with van der Waals surface area (Å²) in [7, 11) is 1.58. The summed E-state index contributed by atoms with van der Waals surface area (Å²) < 4.78 is 31.4. The van der Waals surface area contributed by atoms with Crippen LogP contribution in [0.2, 0.25) is 0 Å². The van der Waals surface area contributed by atoms with Crippen LogP contribution in [0.1, 0.15) is 17.3 Å². The predicted molar refractivity (Wildman–Crippen MR) is 88.7 cm³/mol. The number of benzene rings is 2. The van der Waals surface area contributed by atoms with Gasteiger partial charge in [0.15, 0.2) is 22.6 Å². The number of ketones is 1. The molecule has 0 saturated carbocycles. The maximum absolute atomic E-state index is 13.3. The second-order valence-electron chi connectivity index (χ2n) is 5.18. The SMILES string of the molecule is COc1ccc2nc(S[C@H](C)C(=O)c3ccc(F)c(F)c3)[nH]c2c1. The van der Waals surface area contributed by atoms with Gasteiger partial charge in [0.1, 0.15) is 5.75 Å². The molecule has 0 radical (unpaired) electrons. The third-order valence-corrected chi connectivity index (χ3v) is 4.51. The quantitative estimate of drug-likeness (QED) is 0.554. The van der Waals surface area contributed by atoms with E-state index >= 15 is 0 Å². The Kier molecular flexibility index (Phi) is 4.53. The van der Waals surface area contributed by atoms with Crippen molar-refractivity contribution in [2.45, 2.75) is 17.3 Å². The Labute approximate surface area is 141 Å². The highest BCUT2D eigenvalue weighted by molar-refractivity contribution is 8.00. The van der Waals surface area contributed by atoms with E-state index in [0.717, 1.165) is 23.2 Å². The number of carbonyl (C=O) groups is 1. The van der Waals surface area contributed by atoms with Gasteiger partial charge in [0.05, 0.1) is 23.4 Å². The minimum Gasteiger partial charge on any atom is -0.497 e. The van der Waals surface area contributed by atoms with Gasteiger partial charge in [-0.3, -0.25) is 4.79 Å². The molecule has 4 nitrogen and oxygen atoms in total. The van der Waals surface area contributed by atoms with Gasteiger partial charge >= 0.3 is 0 Å². The lowest BCUT2D eigenvalue weighted by molar-refractivity contribution is 0.0993. The Hall–Kier alpha value is -2.41. The summed E-state index contributed by atoms with van der Waals surface area (Å²) in [6.07, 6.45) is 0. The second-order valence-corrected chi connectivity index (χ2v) is 6.51. The number of rotatable bonds is 5. The number of methoxy groups -OCH3 is 1. The van der Waals surface area contributed by atoms with E-state index in [1.165, 1.54) is 17.8 Å². The van der Waals surface area contributed by atoms with Crippen molar-refractivity contribution in [1.82, 2.24) is 9.97 Å². The standard InChI is InChI=1S/C17H14F2N2O2S/c1-9(16(22)10-3-5-12(18)13(19)7-10)24-17-20-14-6-4-11(23-2)8-15(14)21-17/h3-9H,1-2H3,(H,20,21)/t9-/m1/s1. The van der Waals surface area contributed by atoms with Crippen LogP contribution in [0.5, 0.6) is 5.75 Å². The van der Waals surface area contributed by atoms with Gasteiger partial charge in [0.2, 0.25) is 0 Å². The molecule has 0 fully saturated rings. The fraction of sp³-hybridized carbons (Fsp3) is 0.176. The molecule has 0 saturated heterocycles. The highest BCUT2D eigenvalue weighted by atomic mass is 32.2. The summed E-state index contributed by atoms with van der Waals surface area (Å²) in [5.41, 5.74) is 1.68. The van der Waals surface area contributed by atoms with Gasteiger partial charge in [-0.25, -0.2) is 13.8 Å². The Balaban J connectivity index is 1.79. The first-order chi connectivity index (χ1) is 11.5. The van der Waals surface area contributed by atoms with Crippen molar-refractivity contribution in [3.63, 3.8) is 0 Å². The van der Waals surface area contributed by atoms with Crippen LogP contribution < -0.4 is 4.74 Å². The number of fused-ring (bicyclic) bond motifs is 1. The molecule has 0 aliphatic carbocycles. The van der Waals surface area contributed by atoms with Gasteiger partial charge in [-0.1, -0.05) is 11.8 Å². The van der Waals surface area contributed by atoms with E-state index in [1.54, 1.807) is 20.1 Å². The minimum absolute atomic E-state index is 0.131. The number of nitrogens with zero attached hydrogens (tertiary/aromatic N) is 1. The van der Waals surface area contributed by atoms with Crippen molar-refractivity contribution < 1.29 is 18.3 Å². The number of H-pyrrole nitrogens is 1. The smallest absolute Gasteiger partial charge is 0.176 e. The molecule has 0 spiro atoms. The molecule has 24 heavy (non-hydrogen) atoms. The first kappa shape index (κ1) is 16.4. The molecule has 0 aliphatic rings. The largest absolute Gasteiger partial charge is 0.497 e. The zero-order valence-electron chi connectivity index (χ0n) is 13.0. The summed E-state index contributed by atoms with van der Waals surface area (Å²) in [6, 6.07) is 8.57. The molecule has 1 atom stereocenters. The average Bonchev–Trinajstić information content (AvgIpc) is 2.97. The van der Waals surface area contributed by atoms with E-state index in [2.05, 4.69) is 9.97 Å². The van der Waals surface area contributed by atoms with Crippen molar-refractivity contribution in [3.05, 3.63) is 53.6 Å². The lowest BCUT2D eigenvalue weighted by Crippen LogP contribution is -2.14. The van der Waals surface area contributed by atoms with E-state index in [0.29, 0.717) is 10.9 Å². The number of thioether (sulfide) groups is 1. The number of ether oxygens (including phenoxy) is 1. The lowest BCUT2D eigenvalue weighted by Gasteiger charge is -2.08. The number of imidazole rings is 1. The highest BCUT2D eigenvalue weighted by Gasteiger charge is 2.19. The molecule has 0 unspecified atom stereocenters. The van der Waals surface area contributed by atoms with E-state index in [-0.39, 0.29) is 11.3 Å². The highest BCUT2D eigenvalue weighted by Crippen LogP contribution is 2.27. The Morgan fingerprint density at radius 1 is 1.21 bits per heavy atom. The van der Waals surface area contributed by atoms with Gasteiger partial charge < -0.3 is 9.72 Å². The number of nitrogens with one attached hydrogen (secondary N) is 1. The van der Waals surface area contributed by atoms with Crippen LogP contribution in [0, 0.1) is 11.6 Å². The third-order valence-electron chi connectivity index (χ3n) is 3.53. The molecule has 124 valence electrons. The van der Waals surface area contributed by atoms with Crippen LogP contribution in [-0.4, -0.2) is 28.1 Å². The van der Waals surface area contributed by atoms with Crippen LogP contribution in [0.4, 0.5) is 8.78 Å². The molecular formula is C17H14F2N2O2S. The van der Waals surface area contributed by atoms with Gasteiger partial charge in [-0.15, -0.1) is 0 Å². The summed E-state index contributed by atoms with van der Waals surface area (Å²) in [5, 5.41) is 0.0685. The summed E-state index contributed by atoms with van der Waals surface area (Å²) in [6.45, 7) is 1.70. The molecule has 3 rings (SSSR count). The van der Waals surface area contributed by atoms with E-state index in [1.807, 2.05) is 12.1 Å². The minimum atomic E-state index is -1.03. The number of Topliss-reactive ketones (excluding diaryl/α,β-unsaturated/α-hetero) is 1. The van der Waals surface area contributed by atoms with Crippen LogP contribution in [0.3, 0.4) is 0 Å². The molecule has 1 aromatic heterocycles. The molecule has 0 bridgehead atoms. The van der Waals surface area contributed by atoms with Crippen molar-refractivity contribution in [3.8, 4) is 5.75 Å². The molecule has 2 aromatic carbocycles. The van der Waals surface area contributed by atoms with E-state index < -0.39 is 16.9 Å². The Morgan fingerprint density at radius 3 is 2.71 bits per heavy atom. The van der Waals surface area contributed by atoms with E-state index in [4.69, 9.17) is 4.74 Å². The molecule has 7 heteroatoms. The van der Waals surface area contributed by atoms with Gasteiger partial charge in [-0.2, -0.15) is 0 Å². The number of hydrogen-bond donors (Lipinski definition) is 1. The van der Waals surface area contributed by atoms with Crippen LogP contribution in [0.15, 0.2) is 41.6 Å². The molecule has 0 aliphatic heterocycles. The maximum atomic E-state index is 13.3. The Morgan fingerprint density at radius 2 is 2.00 bits per heavy atom. The third kappa shape index (κ3) is 3.26. The summed E-state index contributed by atoms with van der Waals surface area (Å²) in [5.74, 6) is -1.60. The average molecular weight is 348 g/mol. The number of carbonyl (C=O) groups excluding carboxylic acids is 1. The number of halogens is 2. The van der Waals surface area contributed by atoms with Crippen molar-refractivity contribution in [2.24, 2.45) is 0 Å². The van der Waals surface area contributed by atoms with Crippen molar-refractivity contribution >= 4 is 28.6 Å². The summed E-state index contributed by atoms with van der Waals surface area (Å²) in [4.78, 5) is 19.9. The van der Waals surface area contributed by atoms with Gasteiger partial charge in [0, 0.05) is 11.6 Å². The topological polar surface area (TPSA) is 55.0 Å². The van der Waals surface area contributed by atoms with E-state index in [9.17, 15) is 13.6 Å². The molecule has 3 aromatic rings. The monoisotopic (exact) mass is 348 g/mol. The van der Waals surface area contributed by atoms with Crippen molar-refractivity contribution in [2.75, 3.05) is 7.11 Å². The number of aromatic amines is 1. The summed E-state index contributed by atoms with van der Waals surface area (Å²) >= 11 is 1.22. The zero-order valence-corrected chi connectivity index (χ0v) is 13.8. The first-order valence-electron chi connectivity index (χ1n) is 7.17. The first-order valence-corrected chi connectivity index (χ1v) is 8.05. The van der Waals surface area contributed by atoms with Crippen molar-refractivity contribution in [1.29, 1.82) is 0 Å². The van der Waals surface area contributed by atoms with Crippen LogP contribution in [-0.2, 0) is 0 Å². The lowest BCUT2D eigenvalue weighted by atomic mass is 10.1. The normalized spacial score (nSPS) is 12.3. The van der Waals surface area contributed by atoms with Crippen LogP contribution in [0.25, 0.3) is 11.0 Å². The molecule has 1 heterocycles. The zero-order chi connectivity index (χ0) is 17.3. The molecular weight excluding hydrogens is 334 g/mol. The predicted octanol–water partition coefficient (Wildman–Crippen LogP) is 4.21.